The predicted molar refractivity (Wildman–Crippen MR) is 92.6 cm³/mol. The number of nitrogens with zero attached hydrogens (tertiary/aromatic N) is 5. The fourth-order valence-electron chi connectivity index (χ4n) is 2.24. The molecular formula is C16H16ClN5O4. The summed E-state index contributed by atoms with van der Waals surface area (Å²) in [6.45, 7) is 3.41. The summed E-state index contributed by atoms with van der Waals surface area (Å²) in [5.41, 5.74) is -1.22. The average molecular weight is 378 g/mol. The quantitative estimate of drug-likeness (QED) is 0.666. The van der Waals surface area contributed by atoms with E-state index in [0.29, 0.717) is 28.5 Å². The van der Waals surface area contributed by atoms with Gasteiger partial charge in [0.15, 0.2) is 11.5 Å². The summed E-state index contributed by atoms with van der Waals surface area (Å²) in [7, 11) is 0. The van der Waals surface area contributed by atoms with E-state index < -0.39 is 11.6 Å². The summed E-state index contributed by atoms with van der Waals surface area (Å²) in [5, 5.41) is 14.6. The highest BCUT2D eigenvalue weighted by Crippen LogP contribution is 2.28. The maximum Gasteiger partial charge on any atom is 0.350 e. The topological polar surface area (TPSA) is 112 Å². The molecule has 1 atom stereocenters. The van der Waals surface area contributed by atoms with Crippen LogP contribution >= 0.6 is 11.6 Å². The molecule has 0 saturated heterocycles. The Morgan fingerprint density at radius 3 is 2.88 bits per heavy atom. The SMILES string of the molecule is CCOC[C@](C)(Oc1ncnc2c1cnn2-c1ncccc1Cl)C(=O)O. The van der Waals surface area contributed by atoms with Gasteiger partial charge in [-0.05, 0) is 26.0 Å². The van der Waals surface area contributed by atoms with Crippen LogP contribution in [0, 0.1) is 0 Å². The number of ether oxygens (including phenoxy) is 2. The van der Waals surface area contributed by atoms with Crippen molar-refractivity contribution in [3.63, 3.8) is 0 Å². The first-order chi connectivity index (χ1) is 12.5. The minimum atomic E-state index is -1.61. The lowest BCUT2D eigenvalue weighted by molar-refractivity contribution is -0.159. The van der Waals surface area contributed by atoms with Gasteiger partial charge in [0.1, 0.15) is 11.7 Å². The molecule has 1 N–H and O–H groups in total. The number of aliphatic carboxylic acids is 1. The van der Waals surface area contributed by atoms with Gasteiger partial charge in [0.2, 0.25) is 11.5 Å². The van der Waals surface area contributed by atoms with Crippen LogP contribution in [0.2, 0.25) is 5.02 Å². The van der Waals surface area contributed by atoms with Crippen molar-refractivity contribution in [1.29, 1.82) is 0 Å². The zero-order chi connectivity index (χ0) is 18.7. The molecule has 0 aromatic carbocycles. The summed E-state index contributed by atoms with van der Waals surface area (Å²) in [6, 6.07) is 3.38. The zero-order valence-corrected chi connectivity index (χ0v) is 14.8. The number of fused-ring (bicyclic) bond motifs is 1. The zero-order valence-electron chi connectivity index (χ0n) is 14.1. The summed E-state index contributed by atoms with van der Waals surface area (Å²) >= 11 is 6.17. The van der Waals surface area contributed by atoms with Crippen LogP contribution in [-0.2, 0) is 9.53 Å². The molecule has 3 rings (SSSR count). The molecule has 3 heterocycles. The van der Waals surface area contributed by atoms with Crippen molar-refractivity contribution in [2.24, 2.45) is 0 Å². The first kappa shape index (κ1) is 18.0. The summed E-state index contributed by atoms with van der Waals surface area (Å²) in [5.74, 6) is -0.695. The van der Waals surface area contributed by atoms with Crippen LogP contribution in [0.15, 0.2) is 30.9 Å². The summed E-state index contributed by atoms with van der Waals surface area (Å²) < 4.78 is 12.4. The summed E-state index contributed by atoms with van der Waals surface area (Å²) in [4.78, 5) is 24.1. The maximum atomic E-state index is 11.6. The Morgan fingerprint density at radius 2 is 2.19 bits per heavy atom. The molecule has 9 nitrogen and oxygen atoms in total. The van der Waals surface area contributed by atoms with Crippen molar-refractivity contribution >= 4 is 28.6 Å². The van der Waals surface area contributed by atoms with Crippen LogP contribution in [0.4, 0.5) is 0 Å². The number of rotatable bonds is 7. The number of carboxylic acids is 1. The highest BCUT2D eigenvalue weighted by atomic mass is 35.5. The Bertz CT molecular complexity index is 947. The summed E-state index contributed by atoms with van der Waals surface area (Å²) in [6.07, 6.45) is 4.31. The maximum absolute atomic E-state index is 11.6. The van der Waals surface area contributed by atoms with Crippen molar-refractivity contribution in [1.82, 2.24) is 24.7 Å². The normalized spacial score (nSPS) is 13.5. The van der Waals surface area contributed by atoms with Crippen LogP contribution in [0.5, 0.6) is 5.88 Å². The Hall–Kier alpha value is -2.78. The minimum Gasteiger partial charge on any atom is -0.478 e. The third-order valence-corrected chi connectivity index (χ3v) is 3.92. The lowest BCUT2D eigenvalue weighted by Crippen LogP contribution is -2.46. The van der Waals surface area contributed by atoms with E-state index in [4.69, 9.17) is 21.1 Å². The molecule has 0 spiro atoms. The molecule has 3 aromatic heterocycles. The smallest absolute Gasteiger partial charge is 0.350 e. The van der Waals surface area contributed by atoms with E-state index in [9.17, 15) is 9.90 Å². The highest BCUT2D eigenvalue weighted by molar-refractivity contribution is 6.32. The molecule has 3 aromatic rings. The molecule has 0 radical (unpaired) electrons. The van der Waals surface area contributed by atoms with E-state index in [1.807, 2.05) is 0 Å². The van der Waals surface area contributed by atoms with Gasteiger partial charge in [-0.3, -0.25) is 0 Å². The van der Waals surface area contributed by atoms with Crippen LogP contribution in [0.1, 0.15) is 13.8 Å². The number of carboxylic acid groups (broad SMARTS) is 1. The van der Waals surface area contributed by atoms with Crippen molar-refractivity contribution in [3.8, 4) is 11.7 Å². The molecular weight excluding hydrogens is 362 g/mol. The van der Waals surface area contributed by atoms with Gasteiger partial charge in [0.05, 0.1) is 17.8 Å². The fraction of sp³-hybridized carbons (Fsp3) is 0.312. The van der Waals surface area contributed by atoms with Crippen LogP contribution in [0.3, 0.4) is 0 Å². The van der Waals surface area contributed by atoms with Gasteiger partial charge in [0, 0.05) is 12.8 Å². The van der Waals surface area contributed by atoms with Crippen LogP contribution in [-0.4, -0.2) is 54.6 Å². The fourth-order valence-corrected chi connectivity index (χ4v) is 2.44. The number of hydrogen-bond acceptors (Lipinski definition) is 7. The Kier molecular flexibility index (Phi) is 5.01. The van der Waals surface area contributed by atoms with E-state index in [1.54, 1.807) is 25.3 Å². The molecule has 0 saturated carbocycles. The molecule has 0 fully saturated rings. The third-order valence-electron chi connectivity index (χ3n) is 3.62. The van der Waals surface area contributed by atoms with Gasteiger partial charge in [-0.2, -0.15) is 9.78 Å². The molecule has 0 bridgehead atoms. The van der Waals surface area contributed by atoms with E-state index in [0.717, 1.165) is 0 Å². The molecule has 136 valence electrons. The highest BCUT2D eigenvalue weighted by Gasteiger charge is 2.37. The van der Waals surface area contributed by atoms with E-state index in [2.05, 4.69) is 20.1 Å². The molecule has 26 heavy (non-hydrogen) atoms. The monoisotopic (exact) mass is 377 g/mol. The Labute approximate surface area is 153 Å². The largest absolute Gasteiger partial charge is 0.478 e. The molecule has 0 aliphatic heterocycles. The second kappa shape index (κ2) is 7.22. The number of halogens is 1. The standard InChI is InChI=1S/C16H16ClN5O4/c1-3-25-8-16(2,15(23)24)26-14-10-7-21-22(12(10)19-9-20-14)13-11(17)5-4-6-18-13/h4-7,9H,3,8H2,1-2H3,(H,23,24)/t16-/m0/s1. The van der Waals surface area contributed by atoms with Crippen molar-refractivity contribution in [3.05, 3.63) is 35.9 Å². The Balaban J connectivity index is 2.04. The molecule has 0 aliphatic carbocycles. The average Bonchev–Trinajstić information content (AvgIpc) is 3.05. The van der Waals surface area contributed by atoms with Crippen molar-refractivity contribution < 1.29 is 19.4 Å². The number of pyridine rings is 1. The second-order valence-corrected chi connectivity index (χ2v) is 5.96. The van der Waals surface area contributed by atoms with Gasteiger partial charge in [0.25, 0.3) is 0 Å². The first-order valence-electron chi connectivity index (χ1n) is 7.76. The van der Waals surface area contributed by atoms with Gasteiger partial charge < -0.3 is 14.6 Å². The molecule has 0 amide bonds. The molecule has 10 heteroatoms. The van der Waals surface area contributed by atoms with E-state index >= 15 is 0 Å². The number of aromatic nitrogens is 5. The molecule has 0 aliphatic rings. The number of hydrogen-bond donors (Lipinski definition) is 1. The lowest BCUT2D eigenvalue weighted by Gasteiger charge is -2.25. The van der Waals surface area contributed by atoms with Gasteiger partial charge >= 0.3 is 5.97 Å². The second-order valence-electron chi connectivity index (χ2n) is 5.56. The van der Waals surface area contributed by atoms with Crippen molar-refractivity contribution in [2.75, 3.05) is 13.2 Å². The van der Waals surface area contributed by atoms with Crippen LogP contribution in [0.25, 0.3) is 16.9 Å². The predicted octanol–water partition coefficient (Wildman–Crippen LogP) is 2.12. The van der Waals surface area contributed by atoms with E-state index in [-0.39, 0.29) is 12.5 Å². The van der Waals surface area contributed by atoms with Gasteiger partial charge in [-0.1, -0.05) is 11.6 Å². The third kappa shape index (κ3) is 3.31. The van der Waals surface area contributed by atoms with Crippen molar-refractivity contribution in [2.45, 2.75) is 19.4 Å². The van der Waals surface area contributed by atoms with Crippen LogP contribution < -0.4 is 4.74 Å². The number of carbonyl (C=O) groups is 1. The Morgan fingerprint density at radius 1 is 1.38 bits per heavy atom. The van der Waals surface area contributed by atoms with Gasteiger partial charge in [-0.15, -0.1) is 0 Å². The minimum absolute atomic E-state index is 0.0814. The lowest BCUT2D eigenvalue weighted by atomic mass is 10.1. The first-order valence-corrected chi connectivity index (χ1v) is 8.14. The van der Waals surface area contributed by atoms with E-state index in [1.165, 1.54) is 24.1 Å². The van der Waals surface area contributed by atoms with Gasteiger partial charge in [-0.25, -0.2) is 19.7 Å². The molecule has 0 unspecified atom stereocenters.